The van der Waals surface area contributed by atoms with Crippen LogP contribution in [0.25, 0.3) is 11.3 Å². The zero-order chi connectivity index (χ0) is 12.4. The fraction of sp³-hybridized carbons (Fsp3) is 0.250. The van der Waals surface area contributed by atoms with Gasteiger partial charge in [0.15, 0.2) is 0 Å². The van der Waals surface area contributed by atoms with Gasteiger partial charge in [-0.05, 0) is 26.0 Å². The lowest BCUT2D eigenvalue weighted by atomic mass is 10.1. The van der Waals surface area contributed by atoms with Crippen LogP contribution in [0.3, 0.4) is 0 Å². The van der Waals surface area contributed by atoms with Crippen LogP contribution >= 0.6 is 0 Å². The highest BCUT2D eigenvalue weighted by Crippen LogP contribution is 2.37. The average Bonchev–Trinajstić information content (AvgIpc) is 2.64. The molecule has 0 spiro atoms. The molecule has 1 aromatic carbocycles. The van der Waals surface area contributed by atoms with Gasteiger partial charge in [0.25, 0.3) is 0 Å². The van der Waals surface area contributed by atoms with Crippen molar-refractivity contribution in [2.45, 2.75) is 20.0 Å². The maximum absolute atomic E-state index is 9.90. The number of phenols is 1. The van der Waals surface area contributed by atoms with E-state index in [-0.39, 0.29) is 11.9 Å². The average molecular weight is 233 g/mol. The Morgan fingerprint density at radius 2 is 2.18 bits per heavy atom. The van der Waals surface area contributed by atoms with E-state index in [9.17, 15) is 5.11 Å². The highest BCUT2D eigenvalue weighted by molar-refractivity contribution is 5.75. The number of aromatic nitrogens is 2. The number of nitrogens with zero attached hydrogens (tertiary/aromatic N) is 1. The Balaban J connectivity index is 2.50. The van der Waals surface area contributed by atoms with Gasteiger partial charge in [0, 0.05) is 6.07 Å². The summed E-state index contributed by atoms with van der Waals surface area (Å²) in [5.41, 5.74) is 6.76. The Kier molecular flexibility index (Phi) is 2.91. The first-order valence-corrected chi connectivity index (χ1v) is 5.38. The molecule has 0 saturated heterocycles. The summed E-state index contributed by atoms with van der Waals surface area (Å²) in [4.78, 5) is 0. The van der Waals surface area contributed by atoms with E-state index in [4.69, 9.17) is 10.5 Å². The van der Waals surface area contributed by atoms with Gasteiger partial charge in [-0.25, -0.2) is 0 Å². The second-order valence-corrected chi connectivity index (χ2v) is 4.02. The lowest BCUT2D eigenvalue weighted by molar-refractivity contribution is 0.242. The molecular formula is C12H15N3O2. The van der Waals surface area contributed by atoms with Crippen LogP contribution in [0.5, 0.6) is 11.5 Å². The van der Waals surface area contributed by atoms with Gasteiger partial charge in [-0.1, -0.05) is 6.07 Å². The number of anilines is 1. The molecule has 5 heteroatoms. The zero-order valence-corrected chi connectivity index (χ0v) is 9.77. The summed E-state index contributed by atoms with van der Waals surface area (Å²) in [6.45, 7) is 3.85. The van der Waals surface area contributed by atoms with Gasteiger partial charge in [0.2, 0.25) is 0 Å². The number of ether oxygens (including phenoxy) is 1. The van der Waals surface area contributed by atoms with Crippen LogP contribution in [-0.4, -0.2) is 21.4 Å². The van der Waals surface area contributed by atoms with Crippen LogP contribution in [0.15, 0.2) is 24.3 Å². The van der Waals surface area contributed by atoms with Gasteiger partial charge in [0.05, 0.1) is 17.4 Å². The Morgan fingerprint density at radius 3 is 2.76 bits per heavy atom. The SMILES string of the molecule is CC(C)Oc1cccc(O)c1-c1cc(N)n[nH]1. The molecule has 17 heavy (non-hydrogen) atoms. The van der Waals surface area contributed by atoms with E-state index in [1.165, 1.54) is 0 Å². The molecule has 0 atom stereocenters. The molecular weight excluding hydrogens is 218 g/mol. The molecule has 0 radical (unpaired) electrons. The van der Waals surface area contributed by atoms with Crippen molar-refractivity contribution in [3.8, 4) is 22.8 Å². The summed E-state index contributed by atoms with van der Waals surface area (Å²) in [6.07, 6.45) is 0.0239. The van der Waals surface area contributed by atoms with E-state index in [0.717, 1.165) is 0 Å². The first-order chi connectivity index (χ1) is 8.08. The molecule has 4 N–H and O–H groups in total. The fourth-order valence-corrected chi connectivity index (χ4v) is 1.61. The standard InChI is InChI=1S/C12H15N3O2/c1-7(2)17-10-5-3-4-9(16)12(10)8-6-11(13)15-14-8/h3-7,16H,1-2H3,(H3,13,14,15). The van der Waals surface area contributed by atoms with Gasteiger partial charge in [-0.15, -0.1) is 0 Å². The van der Waals surface area contributed by atoms with E-state index >= 15 is 0 Å². The van der Waals surface area contributed by atoms with Crippen LogP contribution in [-0.2, 0) is 0 Å². The molecule has 2 rings (SSSR count). The van der Waals surface area contributed by atoms with Crippen LogP contribution in [0, 0.1) is 0 Å². The van der Waals surface area contributed by atoms with Crippen LogP contribution < -0.4 is 10.5 Å². The van der Waals surface area contributed by atoms with Crippen molar-refractivity contribution in [2.75, 3.05) is 5.73 Å². The topological polar surface area (TPSA) is 84.2 Å². The first kappa shape index (κ1) is 11.3. The number of nitrogens with two attached hydrogens (primary N) is 1. The van der Waals surface area contributed by atoms with Crippen molar-refractivity contribution in [1.29, 1.82) is 0 Å². The van der Waals surface area contributed by atoms with Crippen molar-refractivity contribution >= 4 is 5.82 Å². The number of hydrogen-bond donors (Lipinski definition) is 3. The number of aromatic hydroxyl groups is 1. The lowest BCUT2D eigenvalue weighted by Crippen LogP contribution is -2.06. The molecule has 0 aliphatic rings. The van der Waals surface area contributed by atoms with Gasteiger partial charge in [-0.2, -0.15) is 5.10 Å². The monoisotopic (exact) mass is 233 g/mol. The summed E-state index contributed by atoms with van der Waals surface area (Å²) in [5.74, 6) is 1.11. The van der Waals surface area contributed by atoms with Crippen LogP contribution in [0.2, 0.25) is 0 Å². The van der Waals surface area contributed by atoms with Crippen LogP contribution in [0.1, 0.15) is 13.8 Å². The number of phenolic OH excluding ortho intramolecular Hbond substituents is 1. The predicted molar refractivity (Wildman–Crippen MR) is 65.9 cm³/mol. The number of benzene rings is 1. The van der Waals surface area contributed by atoms with Crippen LogP contribution in [0.4, 0.5) is 5.82 Å². The predicted octanol–water partition coefficient (Wildman–Crippen LogP) is 2.15. The second-order valence-electron chi connectivity index (χ2n) is 4.02. The van der Waals surface area contributed by atoms with E-state index in [1.807, 2.05) is 13.8 Å². The molecule has 1 heterocycles. The number of hydrogen-bond acceptors (Lipinski definition) is 4. The summed E-state index contributed by atoms with van der Waals surface area (Å²) in [7, 11) is 0. The smallest absolute Gasteiger partial charge is 0.145 e. The highest BCUT2D eigenvalue weighted by atomic mass is 16.5. The van der Waals surface area contributed by atoms with Gasteiger partial charge in [0.1, 0.15) is 17.3 Å². The molecule has 0 bridgehead atoms. The molecule has 0 saturated carbocycles. The Labute approximate surface area is 99.2 Å². The highest BCUT2D eigenvalue weighted by Gasteiger charge is 2.14. The minimum absolute atomic E-state index is 0.0239. The van der Waals surface area contributed by atoms with Crippen molar-refractivity contribution in [2.24, 2.45) is 0 Å². The quantitative estimate of drug-likeness (QED) is 0.758. The van der Waals surface area contributed by atoms with Gasteiger partial charge < -0.3 is 15.6 Å². The number of nitrogens with one attached hydrogen (secondary N) is 1. The van der Waals surface area contributed by atoms with Crippen molar-refractivity contribution in [1.82, 2.24) is 10.2 Å². The maximum Gasteiger partial charge on any atom is 0.145 e. The van der Waals surface area contributed by atoms with Crippen molar-refractivity contribution < 1.29 is 9.84 Å². The summed E-state index contributed by atoms with van der Waals surface area (Å²) < 4.78 is 5.64. The third-order valence-corrected chi connectivity index (χ3v) is 2.23. The van der Waals surface area contributed by atoms with Crippen molar-refractivity contribution in [3.63, 3.8) is 0 Å². The summed E-state index contributed by atoms with van der Waals surface area (Å²) in [5, 5.41) is 16.5. The lowest BCUT2D eigenvalue weighted by Gasteiger charge is -2.14. The molecule has 2 aromatic rings. The molecule has 90 valence electrons. The Hall–Kier alpha value is -2.17. The maximum atomic E-state index is 9.90. The molecule has 5 nitrogen and oxygen atoms in total. The first-order valence-electron chi connectivity index (χ1n) is 5.38. The van der Waals surface area contributed by atoms with Gasteiger partial charge in [-0.3, -0.25) is 5.10 Å². The largest absolute Gasteiger partial charge is 0.507 e. The molecule has 1 aromatic heterocycles. The van der Waals surface area contributed by atoms with E-state index in [0.29, 0.717) is 22.8 Å². The molecule has 0 aliphatic carbocycles. The molecule has 0 aliphatic heterocycles. The fourth-order valence-electron chi connectivity index (χ4n) is 1.61. The Morgan fingerprint density at radius 1 is 1.41 bits per heavy atom. The van der Waals surface area contributed by atoms with E-state index in [1.54, 1.807) is 24.3 Å². The zero-order valence-electron chi connectivity index (χ0n) is 9.77. The number of aromatic amines is 1. The summed E-state index contributed by atoms with van der Waals surface area (Å²) in [6, 6.07) is 6.78. The number of nitrogen functional groups attached to an aromatic ring is 1. The molecule has 0 fully saturated rings. The van der Waals surface area contributed by atoms with Crippen molar-refractivity contribution in [3.05, 3.63) is 24.3 Å². The molecule has 0 amide bonds. The number of H-pyrrole nitrogens is 1. The minimum atomic E-state index is 0.0239. The normalized spacial score (nSPS) is 10.8. The third-order valence-electron chi connectivity index (χ3n) is 2.23. The summed E-state index contributed by atoms with van der Waals surface area (Å²) >= 11 is 0. The molecule has 0 unspecified atom stereocenters. The number of rotatable bonds is 3. The Bertz CT molecular complexity index is 520. The minimum Gasteiger partial charge on any atom is -0.507 e. The second kappa shape index (κ2) is 4.37. The van der Waals surface area contributed by atoms with Gasteiger partial charge >= 0.3 is 0 Å². The van der Waals surface area contributed by atoms with E-state index in [2.05, 4.69) is 10.2 Å². The third kappa shape index (κ3) is 2.33. The van der Waals surface area contributed by atoms with E-state index < -0.39 is 0 Å².